The lowest BCUT2D eigenvalue weighted by Gasteiger charge is -2.39. The highest BCUT2D eigenvalue weighted by molar-refractivity contribution is 8.00. The maximum atomic E-state index is 13.9. The van der Waals surface area contributed by atoms with Gasteiger partial charge in [-0.3, -0.25) is 0 Å². The number of benzene rings is 1. The molecule has 0 unspecified atom stereocenters. The monoisotopic (exact) mass is 255 g/mol. The van der Waals surface area contributed by atoms with Crippen LogP contribution in [0, 0.1) is 5.82 Å². The van der Waals surface area contributed by atoms with Crippen LogP contribution in [-0.2, 0) is 6.61 Å². The topological polar surface area (TPSA) is 23.5 Å². The molecule has 0 bridgehead atoms. The number of anilines is 1. The number of nitrogens with zero attached hydrogens (tertiary/aromatic N) is 1. The normalized spacial score (nSPS) is 19.4. The van der Waals surface area contributed by atoms with Crippen LogP contribution in [0.1, 0.15) is 19.4 Å². The standard InChI is InChI=1S/C13H18FNOS/c1-13(2)9-15(5-6-17-13)12-4-3-10(8-16)7-11(12)14/h3-4,7,16H,5-6,8-9H2,1-2H3. The summed E-state index contributed by atoms with van der Waals surface area (Å²) in [6, 6.07) is 4.98. The van der Waals surface area contributed by atoms with Crippen molar-refractivity contribution in [3.05, 3.63) is 29.6 Å². The lowest BCUT2D eigenvalue weighted by atomic mass is 10.1. The molecule has 1 aromatic carbocycles. The molecule has 0 atom stereocenters. The summed E-state index contributed by atoms with van der Waals surface area (Å²) >= 11 is 1.93. The van der Waals surface area contributed by atoms with Crippen LogP contribution in [0.15, 0.2) is 18.2 Å². The second kappa shape index (κ2) is 4.86. The van der Waals surface area contributed by atoms with Crippen LogP contribution in [0.3, 0.4) is 0 Å². The number of thioether (sulfide) groups is 1. The fourth-order valence-electron chi connectivity index (χ4n) is 2.13. The van der Waals surface area contributed by atoms with Gasteiger partial charge in [0.15, 0.2) is 0 Å². The van der Waals surface area contributed by atoms with Gasteiger partial charge >= 0.3 is 0 Å². The third kappa shape index (κ3) is 2.93. The third-order valence-electron chi connectivity index (χ3n) is 2.96. The molecular weight excluding hydrogens is 237 g/mol. The van der Waals surface area contributed by atoms with Crippen LogP contribution in [0.25, 0.3) is 0 Å². The molecule has 1 aliphatic heterocycles. The van der Waals surface area contributed by atoms with Gasteiger partial charge in [0, 0.05) is 23.6 Å². The van der Waals surface area contributed by atoms with E-state index in [2.05, 4.69) is 18.7 Å². The van der Waals surface area contributed by atoms with Crippen LogP contribution in [0.4, 0.5) is 10.1 Å². The van der Waals surface area contributed by atoms with Crippen molar-refractivity contribution < 1.29 is 9.50 Å². The Bertz CT molecular complexity index is 408. The van der Waals surface area contributed by atoms with Crippen LogP contribution >= 0.6 is 11.8 Å². The molecule has 0 aliphatic carbocycles. The summed E-state index contributed by atoms with van der Waals surface area (Å²) in [4.78, 5) is 2.09. The quantitative estimate of drug-likeness (QED) is 0.879. The maximum absolute atomic E-state index is 13.9. The van der Waals surface area contributed by atoms with Gasteiger partial charge in [-0.25, -0.2) is 4.39 Å². The highest BCUT2D eigenvalue weighted by atomic mass is 32.2. The Balaban J connectivity index is 2.22. The molecule has 0 radical (unpaired) electrons. The van der Waals surface area contributed by atoms with Gasteiger partial charge in [-0.1, -0.05) is 6.07 Å². The first-order valence-corrected chi connectivity index (χ1v) is 6.78. The van der Waals surface area contributed by atoms with E-state index in [9.17, 15) is 4.39 Å². The van der Waals surface area contributed by atoms with Gasteiger partial charge in [-0.05, 0) is 31.5 Å². The highest BCUT2D eigenvalue weighted by Gasteiger charge is 2.28. The van der Waals surface area contributed by atoms with E-state index >= 15 is 0 Å². The first kappa shape index (κ1) is 12.7. The van der Waals surface area contributed by atoms with Gasteiger partial charge in [0.25, 0.3) is 0 Å². The Morgan fingerprint density at radius 1 is 1.47 bits per heavy atom. The minimum atomic E-state index is -0.237. The number of rotatable bonds is 2. The average Bonchev–Trinajstić information content (AvgIpc) is 2.27. The lowest BCUT2D eigenvalue weighted by molar-refractivity contribution is 0.281. The molecule has 17 heavy (non-hydrogen) atoms. The van der Waals surface area contributed by atoms with Gasteiger partial charge in [0.1, 0.15) is 5.82 Å². The molecule has 2 rings (SSSR count). The van der Waals surface area contributed by atoms with Crippen molar-refractivity contribution in [1.82, 2.24) is 0 Å². The minimum Gasteiger partial charge on any atom is -0.392 e. The molecule has 0 amide bonds. The zero-order valence-electron chi connectivity index (χ0n) is 10.2. The molecule has 94 valence electrons. The summed E-state index contributed by atoms with van der Waals surface area (Å²) in [5.41, 5.74) is 1.27. The van der Waals surface area contributed by atoms with Gasteiger partial charge in [0.2, 0.25) is 0 Å². The Kier molecular flexibility index (Phi) is 3.64. The molecule has 1 fully saturated rings. The van der Waals surface area contributed by atoms with Crippen molar-refractivity contribution in [2.75, 3.05) is 23.7 Å². The Morgan fingerprint density at radius 2 is 2.24 bits per heavy atom. The van der Waals surface area contributed by atoms with Crippen molar-refractivity contribution in [2.45, 2.75) is 25.2 Å². The predicted molar refractivity (Wildman–Crippen MR) is 71.1 cm³/mol. The summed E-state index contributed by atoms with van der Waals surface area (Å²) < 4.78 is 14.1. The molecule has 1 heterocycles. The fourth-order valence-corrected chi connectivity index (χ4v) is 3.24. The van der Waals surface area contributed by atoms with Crippen LogP contribution in [-0.4, -0.2) is 28.7 Å². The van der Waals surface area contributed by atoms with Gasteiger partial charge < -0.3 is 10.0 Å². The molecule has 0 aromatic heterocycles. The summed E-state index contributed by atoms with van der Waals surface area (Å²) in [6.45, 7) is 5.99. The van der Waals surface area contributed by atoms with E-state index in [0.717, 1.165) is 18.8 Å². The second-order valence-electron chi connectivity index (χ2n) is 4.97. The molecule has 0 spiro atoms. The zero-order chi connectivity index (χ0) is 12.5. The number of aliphatic hydroxyl groups excluding tert-OH is 1. The van der Waals surface area contributed by atoms with Crippen molar-refractivity contribution in [2.24, 2.45) is 0 Å². The van der Waals surface area contributed by atoms with E-state index in [1.165, 1.54) is 6.07 Å². The molecule has 1 saturated heterocycles. The van der Waals surface area contributed by atoms with Crippen LogP contribution in [0.5, 0.6) is 0 Å². The first-order chi connectivity index (χ1) is 8.02. The van der Waals surface area contributed by atoms with Crippen molar-refractivity contribution in [1.29, 1.82) is 0 Å². The second-order valence-corrected chi connectivity index (χ2v) is 6.78. The van der Waals surface area contributed by atoms with Gasteiger partial charge in [-0.2, -0.15) is 11.8 Å². The number of halogens is 1. The van der Waals surface area contributed by atoms with Gasteiger partial charge in [-0.15, -0.1) is 0 Å². The number of aliphatic hydroxyl groups is 1. The summed E-state index contributed by atoms with van der Waals surface area (Å²) in [7, 11) is 0. The Morgan fingerprint density at radius 3 is 2.82 bits per heavy atom. The largest absolute Gasteiger partial charge is 0.392 e. The maximum Gasteiger partial charge on any atom is 0.146 e. The molecule has 1 N–H and O–H groups in total. The summed E-state index contributed by atoms with van der Waals surface area (Å²) in [5, 5.41) is 8.96. The van der Waals surface area contributed by atoms with E-state index in [-0.39, 0.29) is 17.2 Å². The van der Waals surface area contributed by atoms with Crippen molar-refractivity contribution in [3.63, 3.8) is 0 Å². The van der Waals surface area contributed by atoms with Crippen molar-refractivity contribution >= 4 is 17.4 Å². The van der Waals surface area contributed by atoms with E-state index < -0.39 is 0 Å². The molecule has 1 aliphatic rings. The van der Waals surface area contributed by atoms with E-state index in [0.29, 0.717) is 11.3 Å². The molecule has 1 aromatic rings. The molecular formula is C13H18FNOS. The number of hydrogen-bond acceptors (Lipinski definition) is 3. The smallest absolute Gasteiger partial charge is 0.146 e. The minimum absolute atomic E-state index is 0.113. The van der Waals surface area contributed by atoms with Gasteiger partial charge in [0.05, 0.1) is 12.3 Å². The summed E-state index contributed by atoms with van der Waals surface area (Å²) in [5.74, 6) is 0.785. The fraction of sp³-hybridized carbons (Fsp3) is 0.538. The summed E-state index contributed by atoms with van der Waals surface area (Å²) in [6.07, 6.45) is 0. The van der Waals surface area contributed by atoms with E-state index in [4.69, 9.17) is 5.11 Å². The lowest BCUT2D eigenvalue weighted by Crippen LogP contribution is -2.43. The third-order valence-corrected chi connectivity index (χ3v) is 4.26. The Hall–Kier alpha value is -0.740. The van der Waals surface area contributed by atoms with E-state index in [1.807, 2.05) is 11.8 Å². The molecule has 4 heteroatoms. The first-order valence-electron chi connectivity index (χ1n) is 5.80. The molecule has 2 nitrogen and oxygen atoms in total. The average molecular weight is 255 g/mol. The Labute approximate surface area is 106 Å². The van der Waals surface area contributed by atoms with E-state index in [1.54, 1.807) is 12.1 Å². The predicted octanol–water partition coefficient (Wildman–Crippen LogP) is 2.65. The van der Waals surface area contributed by atoms with Crippen LogP contribution < -0.4 is 4.90 Å². The molecule has 0 saturated carbocycles. The van der Waals surface area contributed by atoms with Crippen molar-refractivity contribution in [3.8, 4) is 0 Å². The zero-order valence-corrected chi connectivity index (χ0v) is 11.1. The number of hydrogen-bond donors (Lipinski definition) is 1. The SMILES string of the molecule is CC1(C)CN(c2ccc(CO)cc2F)CCS1. The van der Waals surface area contributed by atoms with Crippen LogP contribution in [0.2, 0.25) is 0 Å². The highest BCUT2D eigenvalue weighted by Crippen LogP contribution is 2.33.